The van der Waals surface area contributed by atoms with Crippen molar-refractivity contribution in [3.63, 3.8) is 0 Å². The van der Waals surface area contributed by atoms with Gasteiger partial charge < -0.3 is 9.73 Å². The third kappa shape index (κ3) is 3.66. The second-order valence-electron chi connectivity index (χ2n) is 9.29. The van der Waals surface area contributed by atoms with Crippen LogP contribution in [0.5, 0.6) is 0 Å². The van der Waals surface area contributed by atoms with E-state index in [0.29, 0.717) is 11.4 Å². The fourth-order valence-electron chi connectivity index (χ4n) is 5.63. The lowest BCUT2D eigenvalue weighted by Crippen LogP contribution is -2.51. The maximum Gasteiger partial charge on any atom is 0.194 e. The lowest BCUT2D eigenvalue weighted by Gasteiger charge is -2.40. The minimum atomic E-state index is -3.60. The number of fused-ring (bicyclic) bond motifs is 4. The van der Waals surface area contributed by atoms with Crippen molar-refractivity contribution in [1.82, 2.24) is 10.2 Å². The monoisotopic (exact) mass is 460 g/mol. The molecule has 0 saturated carbocycles. The Labute approximate surface area is 194 Å². The van der Waals surface area contributed by atoms with Gasteiger partial charge in [-0.05, 0) is 61.2 Å². The van der Waals surface area contributed by atoms with Crippen LogP contribution >= 0.6 is 0 Å². The van der Waals surface area contributed by atoms with Gasteiger partial charge >= 0.3 is 0 Å². The average molecular weight is 461 g/mol. The molecule has 6 heteroatoms. The van der Waals surface area contributed by atoms with Crippen LogP contribution in [-0.2, 0) is 22.8 Å². The molecule has 0 amide bonds. The minimum Gasteiger partial charge on any atom is -0.456 e. The molecule has 2 aliphatic rings. The van der Waals surface area contributed by atoms with E-state index < -0.39 is 15.2 Å². The van der Waals surface area contributed by atoms with Crippen molar-refractivity contribution >= 4 is 31.8 Å². The lowest BCUT2D eigenvalue weighted by molar-refractivity contribution is 0.162. The fourth-order valence-corrected chi connectivity index (χ4v) is 7.76. The number of benzene rings is 3. The molecule has 1 N–H and O–H groups in total. The SMILES string of the molecule is O=S(=O)(c1ccc2oc3ccccc3c2c1)C(C1CCCNC1)N1CCc2ccccc2C1. The van der Waals surface area contributed by atoms with Gasteiger partial charge in [-0.3, -0.25) is 4.90 Å². The molecule has 0 bridgehead atoms. The summed E-state index contributed by atoms with van der Waals surface area (Å²) in [6.45, 7) is 3.12. The van der Waals surface area contributed by atoms with Gasteiger partial charge in [0.2, 0.25) is 0 Å². The standard InChI is InChI=1S/C27H28N2O3S/c30-33(31,22-11-12-26-24(16-22)23-9-3-4-10-25(23)32-26)27(20-8-5-14-28-17-20)29-15-13-19-6-1-2-7-21(19)18-29/h1-4,6-7,9-12,16,20,27-28H,5,8,13-15,17-18H2. The summed E-state index contributed by atoms with van der Waals surface area (Å²) in [4.78, 5) is 2.59. The lowest BCUT2D eigenvalue weighted by atomic mass is 9.95. The van der Waals surface area contributed by atoms with E-state index in [0.717, 1.165) is 60.8 Å². The third-order valence-corrected chi connectivity index (χ3v) is 9.48. The molecule has 1 aromatic heterocycles. The smallest absolute Gasteiger partial charge is 0.194 e. The van der Waals surface area contributed by atoms with Crippen LogP contribution in [0.15, 0.2) is 76.0 Å². The summed E-state index contributed by atoms with van der Waals surface area (Å²) in [6.07, 6.45) is 2.81. The number of hydrogen-bond donors (Lipinski definition) is 1. The molecular formula is C27H28N2O3S. The highest BCUT2D eigenvalue weighted by molar-refractivity contribution is 7.92. The van der Waals surface area contributed by atoms with Crippen molar-refractivity contribution in [2.24, 2.45) is 5.92 Å². The maximum atomic E-state index is 14.2. The number of piperidine rings is 1. The van der Waals surface area contributed by atoms with Gasteiger partial charge in [-0.15, -0.1) is 0 Å². The summed E-state index contributed by atoms with van der Waals surface area (Å²) in [7, 11) is -3.60. The molecule has 2 aliphatic heterocycles. The van der Waals surface area contributed by atoms with Gasteiger partial charge in [0.1, 0.15) is 16.5 Å². The largest absolute Gasteiger partial charge is 0.456 e. The Morgan fingerprint density at radius 3 is 2.58 bits per heavy atom. The molecule has 170 valence electrons. The highest BCUT2D eigenvalue weighted by Gasteiger charge is 2.41. The molecule has 2 atom stereocenters. The molecule has 0 radical (unpaired) electrons. The highest BCUT2D eigenvalue weighted by atomic mass is 32.2. The van der Waals surface area contributed by atoms with Crippen LogP contribution in [0, 0.1) is 5.92 Å². The van der Waals surface area contributed by atoms with E-state index in [1.807, 2.05) is 42.5 Å². The van der Waals surface area contributed by atoms with Gasteiger partial charge in [-0.25, -0.2) is 8.42 Å². The predicted octanol–water partition coefficient (Wildman–Crippen LogP) is 4.74. The molecule has 0 aliphatic carbocycles. The summed E-state index contributed by atoms with van der Waals surface area (Å²) in [6, 6.07) is 21.6. The van der Waals surface area contributed by atoms with Crippen LogP contribution in [0.3, 0.4) is 0 Å². The first-order valence-corrected chi connectivity index (χ1v) is 13.3. The quantitative estimate of drug-likeness (QED) is 0.476. The molecule has 33 heavy (non-hydrogen) atoms. The summed E-state index contributed by atoms with van der Waals surface area (Å²) >= 11 is 0. The van der Waals surface area contributed by atoms with Gasteiger partial charge in [0.15, 0.2) is 9.84 Å². The van der Waals surface area contributed by atoms with Gasteiger partial charge in [0.25, 0.3) is 0 Å². The molecule has 4 aromatic rings. The van der Waals surface area contributed by atoms with Crippen molar-refractivity contribution in [2.45, 2.75) is 36.1 Å². The zero-order valence-corrected chi connectivity index (χ0v) is 19.4. The van der Waals surface area contributed by atoms with E-state index in [1.54, 1.807) is 6.07 Å². The van der Waals surface area contributed by atoms with Crippen molar-refractivity contribution in [1.29, 1.82) is 0 Å². The van der Waals surface area contributed by atoms with Crippen LogP contribution in [0.25, 0.3) is 21.9 Å². The molecule has 1 fully saturated rings. The first-order valence-electron chi connectivity index (χ1n) is 11.8. The van der Waals surface area contributed by atoms with Crippen LogP contribution in [-0.4, -0.2) is 38.3 Å². The minimum absolute atomic E-state index is 0.0609. The number of sulfone groups is 1. The predicted molar refractivity (Wildman–Crippen MR) is 131 cm³/mol. The Bertz CT molecular complexity index is 1420. The number of nitrogens with zero attached hydrogens (tertiary/aromatic N) is 1. The fraction of sp³-hybridized carbons (Fsp3) is 0.333. The average Bonchev–Trinajstić information content (AvgIpc) is 3.23. The normalized spacial score (nSPS) is 20.7. The number of hydrogen-bond acceptors (Lipinski definition) is 5. The molecule has 1 saturated heterocycles. The van der Waals surface area contributed by atoms with Crippen LogP contribution in [0.1, 0.15) is 24.0 Å². The zero-order valence-electron chi connectivity index (χ0n) is 18.5. The number of nitrogens with one attached hydrogen (secondary N) is 1. The number of rotatable bonds is 4. The first kappa shape index (κ1) is 20.9. The molecule has 5 nitrogen and oxygen atoms in total. The van der Waals surface area contributed by atoms with Crippen LogP contribution < -0.4 is 5.32 Å². The summed E-state index contributed by atoms with van der Waals surface area (Å²) in [5, 5.41) is 4.70. The Kier molecular flexibility index (Phi) is 5.24. The van der Waals surface area contributed by atoms with Crippen LogP contribution in [0.2, 0.25) is 0 Å². The summed E-state index contributed by atoms with van der Waals surface area (Å²) in [5.41, 5.74) is 4.07. The maximum absolute atomic E-state index is 14.2. The van der Waals surface area contributed by atoms with E-state index in [9.17, 15) is 8.42 Å². The molecule has 3 heterocycles. The number of furan rings is 1. The zero-order chi connectivity index (χ0) is 22.4. The molecular weight excluding hydrogens is 432 g/mol. The van der Waals surface area contributed by atoms with Crippen molar-refractivity contribution < 1.29 is 12.8 Å². The topological polar surface area (TPSA) is 62.6 Å². The van der Waals surface area contributed by atoms with E-state index in [4.69, 9.17) is 4.42 Å². The van der Waals surface area contributed by atoms with E-state index in [2.05, 4.69) is 28.4 Å². The van der Waals surface area contributed by atoms with Gasteiger partial charge in [-0.2, -0.15) is 0 Å². The number of para-hydroxylation sites is 1. The molecule has 6 rings (SSSR count). The second-order valence-corrected chi connectivity index (χ2v) is 11.3. The Hall–Kier alpha value is -2.67. The van der Waals surface area contributed by atoms with Crippen molar-refractivity contribution in [2.75, 3.05) is 19.6 Å². The first-order chi connectivity index (χ1) is 16.1. The van der Waals surface area contributed by atoms with E-state index >= 15 is 0 Å². The molecule has 2 unspecified atom stereocenters. The highest BCUT2D eigenvalue weighted by Crippen LogP contribution is 2.35. The van der Waals surface area contributed by atoms with Gasteiger partial charge in [0, 0.05) is 36.3 Å². The Balaban J connectivity index is 1.44. The molecule has 3 aromatic carbocycles. The summed E-state index contributed by atoms with van der Waals surface area (Å²) in [5.74, 6) is 0.0609. The van der Waals surface area contributed by atoms with E-state index in [-0.39, 0.29) is 5.92 Å². The molecule has 0 spiro atoms. The Morgan fingerprint density at radius 2 is 1.73 bits per heavy atom. The van der Waals surface area contributed by atoms with Crippen LogP contribution in [0.4, 0.5) is 0 Å². The summed E-state index contributed by atoms with van der Waals surface area (Å²) < 4.78 is 34.4. The van der Waals surface area contributed by atoms with Crippen molar-refractivity contribution in [3.05, 3.63) is 77.9 Å². The van der Waals surface area contributed by atoms with Crippen molar-refractivity contribution in [3.8, 4) is 0 Å². The second kappa shape index (κ2) is 8.28. The van der Waals surface area contributed by atoms with E-state index in [1.165, 1.54) is 11.1 Å². The van der Waals surface area contributed by atoms with Gasteiger partial charge in [0.05, 0.1) is 4.90 Å². The van der Waals surface area contributed by atoms with Gasteiger partial charge in [-0.1, -0.05) is 42.5 Å². The third-order valence-electron chi connectivity index (χ3n) is 7.25. The Morgan fingerprint density at radius 1 is 0.939 bits per heavy atom.